The number of aromatic nitrogens is 2. The van der Waals surface area contributed by atoms with E-state index in [0.717, 1.165) is 49.2 Å². The molecule has 1 aliphatic rings. The van der Waals surface area contributed by atoms with Crippen LogP contribution in [0.25, 0.3) is 22.0 Å². The summed E-state index contributed by atoms with van der Waals surface area (Å²) in [5.74, 6) is 0.793. The van der Waals surface area contributed by atoms with Gasteiger partial charge in [0.15, 0.2) is 5.69 Å². The number of amides is 1. The first-order valence-corrected chi connectivity index (χ1v) is 13.3. The zero-order valence-electron chi connectivity index (χ0n) is 21.3. The van der Waals surface area contributed by atoms with E-state index in [1.807, 2.05) is 39.9 Å². The van der Waals surface area contributed by atoms with Gasteiger partial charge >= 0.3 is 0 Å². The van der Waals surface area contributed by atoms with Crippen LogP contribution in [0.3, 0.4) is 0 Å². The molecule has 38 heavy (non-hydrogen) atoms. The van der Waals surface area contributed by atoms with Crippen molar-refractivity contribution in [2.75, 3.05) is 13.1 Å². The Labute approximate surface area is 223 Å². The van der Waals surface area contributed by atoms with E-state index in [1.165, 1.54) is 16.3 Å². The van der Waals surface area contributed by atoms with Crippen LogP contribution >= 0.6 is 0 Å². The molecule has 5 nitrogen and oxygen atoms in total. The van der Waals surface area contributed by atoms with Gasteiger partial charge in [-0.2, -0.15) is 5.10 Å². The fraction of sp³-hybridized carbons (Fsp3) is 0.212. The lowest BCUT2D eigenvalue weighted by Gasteiger charge is -2.31. The third-order valence-electron chi connectivity index (χ3n) is 7.63. The summed E-state index contributed by atoms with van der Waals surface area (Å²) in [5.41, 5.74) is 4.75. The molecule has 1 aromatic heterocycles. The number of piperidine rings is 1. The number of aromatic hydroxyl groups is 1. The zero-order valence-corrected chi connectivity index (χ0v) is 21.3. The molecule has 1 fully saturated rings. The van der Waals surface area contributed by atoms with Crippen molar-refractivity contribution in [3.8, 4) is 17.0 Å². The van der Waals surface area contributed by atoms with Crippen molar-refractivity contribution < 1.29 is 9.90 Å². The quantitative estimate of drug-likeness (QED) is 0.287. The van der Waals surface area contributed by atoms with E-state index in [-0.39, 0.29) is 11.7 Å². The maximum absolute atomic E-state index is 13.6. The number of hydrogen-bond donors (Lipinski definition) is 1. The predicted molar refractivity (Wildman–Crippen MR) is 151 cm³/mol. The van der Waals surface area contributed by atoms with E-state index >= 15 is 0 Å². The highest BCUT2D eigenvalue weighted by Gasteiger charge is 2.26. The van der Waals surface area contributed by atoms with Crippen molar-refractivity contribution in [2.24, 2.45) is 5.92 Å². The molecule has 0 saturated carbocycles. The Kier molecular flexibility index (Phi) is 6.65. The minimum atomic E-state index is -0.0140. The van der Waals surface area contributed by atoms with Gasteiger partial charge in [0.1, 0.15) is 5.75 Å². The van der Waals surface area contributed by atoms with Gasteiger partial charge in [0.25, 0.3) is 5.91 Å². The summed E-state index contributed by atoms with van der Waals surface area (Å²) in [7, 11) is 0. The van der Waals surface area contributed by atoms with E-state index < -0.39 is 0 Å². The molecule has 0 spiro atoms. The molecule has 0 atom stereocenters. The van der Waals surface area contributed by atoms with Crippen LogP contribution in [0.4, 0.5) is 0 Å². The molecule has 0 aliphatic carbocycles. The zero-order chi connectivity index (χ0) is 25.9. The fourth-order valence-electron chi connectivity index (χ4n) is 5.55. The van der Waals surface area contributed by atoms with Crippen molar-refractivity contribution in [1.82, 2.24) is 14.7 Å². The van der Waals surface area contributed by atoms with Gasteiger partial charge in [-0.25, -0.2) is 0 Å². The second-order valence-corrected chi connectivity index (χ2v) is 10.2. The molecule has 1 saturated heterocycles. The Hall–Kier alpha value is -4.38. The maximum Gasteiger partial charge on any atom is 0.274 e. The Balaban J connectivity index is 1.25. The van der Waals surface area contributed by atoms with Crippen molar-refractivity contribution in [2.45, 2.75) is 25.8 Å². The number of hydrogen-bond acceptors (Lipinski definition) is 3. The lowest BCUT2D eigenvalue weighted by molar-refractivity contribution is 0.0683. The van der Waals surface area contributed by atoms with E-state index in [2.05, 4.69) is 60.7 Å². The molecule has 0 radical (unpaired) electrons. The highest BCUT2D eigenvalue weighted by Crippen LogP contribution is 2.28. The van der Waals surface area contributed by atoms with E-state index in [1.54, 1.807) is 12.1 Å². The Morgan fingerprint density at radius 3 is 2.34 bits per heavy atom. The van der Waals surface area contributed by atoms with Gasteiger partial charge in [0.05, 0.1) is 12.2 Å². The van der Waals surface area contributed by atoms with E-state index in [9.17, 15) is 9.90 Å². The average Bonchev–Trinajstić information content (AvgIpc) is 3.38. The first kappa shape index (κ1) is 24.0. The Morgan fingerprint density at radius 2 is 1.55 bits per heavy atom. The molecular formula is C33H31N3O2. The average molecular weight is 502 g/mol. The van der Waals surface area contributed by atoms with Crippen LogP contribution in [0.1, 0.15) is 34.5 Å². The number of phenolic OH excluding ortho intramolecular Hbond substituents is 1. The second-order valence-electron chi connectivity index (χ2n) is 10.2. The van der Waals surface area contributed by atoms with Crippen LogP contribution in [0.5, 0.6) is 5.75 Å². The van der Waals surface area contributed by atoms with Crippen molar-refractivity contribution in [3.05, 3.63) is 120 Å². The van der Waals surface area contributed by atoms with Gasteiger partial charge in [-0.15, -0.1) is 0 Å². The summed E-state index contributed by atoms with van der Waals surface area (Å²) >= 11 is 0. The van der Waals surface area contributed by atoms with Crippen LogP contribution in [-0.2, 0) is 13.0 Å². The molecule has 1 N–H and O–H groups in total. The molecule has 0 bridgehead atoms. The number of carbonyl (C=O) groups is 1. The van der Waals surface area contributed by atoms with E-state index in [0.29, 0.717) is 18.2 Å². The third kappa shape index (κ3) is 5.05. The number of likely N-dealkylation sites (tertiary alicyclic amines) is 1. The van der Waals surface area contributed by atoms with Gasteiger partial charge in [-0.05, 0) is 77.4 Å². The molecular weight excluding hydrogens is 470 g/mol. The van der Waals surface area contributed by atoms with Crippen molar-refractivity contribution in [3.63, 3.8) is 0 Å². The minimum absolute atomic E-state index is 0.0140. The molecule has 4 aromatic carbocycles. The fourth-order valence-corrected chi connectivity index (χ4v) is 5.55. The number of carbonyl (C=O) groups excluding carboxylic acids is 1. The summed E-state index contributed by atoms with van der Waals surface area (Å²) in [6.45, 7) is 2.05. The summed E-state index contributed by atoms with van der Waals surface area (Å²) in [5, 5.41) is 17.0. The molecule has 190 valence electrons. The van der Waals surface area contributed by atoms with Gasteiger partial charge in [-0.1, -0.05) is 72.8 Å². The van der Waals surface area contributed by atoms with Gasteiger partial charge < -0.3 is 10.0 Å². The Bertz CT molecular complexity index is 1540. The van der Waals surface area contributed by atoms with Crippen LogP contribution < -0.4 is 0 Å². The molecule has 2 heterocycles. The maximum atomic E-state index is 13.6. The van der Waals surface area contributed by atoms with Crippen molar-refractivity contribution in [1.29, 1.82) is 0 Å². The number of phenols is 1. The van der Waals surface area contributed by atoms with Crippen LogP contribution in [0.15, 0.2) is 103 Å². The van der Waals surface area contributed by atoms with Gasteiger partial charge in [-0.3, -0.25) is 9.48 Å². The standard InChI is InChI=1S/C33H31N3O2/c37-29-15-13-27(14-16-29)32-22-31(34-36(32)23-28-11-6-10-26-9-4-5-12-30(26)28)33(38)35-19-17-25(18-20-35)21-24-7-2-1-3-8-24/h1-16,22,25,37H,17-21,23H2. The largest absolute Gasteiger partial charge is 0.508 e. The first-order valence-electron chi connectivity index (χ1n) is 13.3. The highest BCUT2D eigenvalue weighted by atomic mass is 16.3. The second kappa shape index (κ2) is 10.5. The van der Waals surface area contributed by atoms with Crippen LogP contribution in [0.2, 0.25) is 0 Å². The summed E-state index contributed by atoms with van der Waals surface area (Å²) in [6, 6.07) is 34.2. The molecule has 6 rings (SSSR count). The molecule has 5 aromatic rings. The number of nitrogens with zero attached hydrogens (tertiary/aromatic N) is 3. The smallest absolute Gasteiger partial charge is 0.274 e. The normalized spacial score (nSPS) is 14.2. The molecule has 0 unspecified atom stereocenters. The summed E-state index contributed by atoms with van der Waals surface area (Å²) in [6.07, 6.45) is 3.07. The van der Waals surface area contributed by atoms with Gasteiger partial charge in [0, 0.05) is 18.7 Å². The lowest BCUT2D eigenvalue weighted by atomic mass is 9.90. The van der Waals surface area contributed by atoms with Crippen molar-refractivity contribution >= 4 is 16.7 Å². The topological polar surface area (TPSA) is 58.4 Å². The summed E-state index contributed by atoms with van der Waals surface area (Å²) < 4.78 is 1.92. The predicted octanol–water partition coefficient (Wildman–Crippen LogP) is 6.55. The highest BCUT2D eigenvalue weighted by molar-refractivity contribution is 5.93. The summed E-state index contributed by atoms with van der Waals surface area (Å²) in [4.78, 5) is 15.5. The number of benzene rings is 4. The molecule has 5 heteroatoms. The number of fused-ring (bicyclic) bond motifs is 1. The van der Waals surface area contributed by atoms with Crippen LogP contribution in [0, 0.1) is 5.92 Å². The SMILES string of the molecule is O=C(c1cc(-c2ccc(O)cc2)n(Cc2cccc3ccccc23)n1)N1CCC(Cc2ccccc2)CC1. The number of rotatable bonds is 6. The van der Waals surface area contributed by atoms with Gasteiger partial charge in [0.2, 0.25) is 0 Å². The van der Waals surface area contributed by atoms with E-state index in [4.69, 9.17) is 5.10 Å². The lowest BCUT2D eigenvalue weighted by Crippen LogP contribution is -2.39. The molecule has 1 amide bonds. The Morgan fingerprint density at radius 1 is 0.842 bits per heavy atom. The molecule has 1 aliphatic heterocycles. The third-order valence-corrected chi connectivity index (χ3v) is 7.63. The van der Waals surface area contributed by atoms with Crippen LogP contribution in [-0.4, -0.2) is 38.8 Å². The monoisotopic (exact) mass is 501 g/mol. The first-order chi connectivity index (χ1) is 18.6. The minimum Gasteiger partial charge on any atom is -0.508 e.